The van der Waals surface area contributed by atoms with Gasteiger partial charge >= 0.3 is 5.97 Å². The highest BCUT2D eigenvalue weighted by Gasteiger charge is 2.32. The van der Waals surface area contributed by atoms with E-state index in [1.807, 2.05) is 44.3 Å². The third-order valence-corrected chi connectivity index (χ3v) is 6.66. The van der Waals surface area contributed by atoms with Crippen molar-refractivity contribution in [2.45, 2.75) is 64.7 Å². The van der Waals surface area contributed by atoms with Crippen LogP contribution in [0.15, 0.2) is 30.5 Å². The molecule has 0 saturated carbocycles. The third kappa shape index (κ3) is 7.47. The van der Waals surface area contributed by atoms with Crippen LogP contribution in [0.5, 0.6) is 0 Å². The summed E-state index contributed by atoms with van der Waals surface area (Å²) in [5, 5.41) is 18.1. The molecule has 0 spiro atoms. The van der Waals surface area contributed by atoms with Gasteiger partial charge in [0.2, 0.25) is 17.7 Å². The molecule has 1 aromatic heterocycles. The molecule has 1 heterocycles. The number of para-hydroxylation sites is 1. The second kappa shape index (κ2) is 13.3. The monoisotopic (exact) mass is 519 g/mol. The Morgan fingerprint density at radius 3 is 2.22 bits per heavy atom. The van der Waals surface area contributed by atoms with Gasteiger partial charge < -0.3 is 31.8 Å². The highest BCUT2D eigenvalue weighted by molar-refractivity contribution is 7.80. The van der Waals surface area contributed by atoms with Crippen molar-refractivity contribution in [2.75, 3.05) is 5.75 Å². The minimum Gasteiger partial charge on any atom is -0.480 e. The van der Waals surface area contributed by atoms with Gasteiger partial charge in [0.1, 0.15) is 18.1 Å². The summed E-state index contributed by atoms with van der Waals surface area (Å²) in [7, 11) is 0. The number of nitrogens with one attached hydrogen (secondary N) is 4. The second-order valence-electron chi connectivity index (χ2n) is 9.35. The Bertz CT molecular complexity index is 1070. The highest BCUT2D eigenvalue weighted by Crippen LogP contribution is 2.19. The number of carboxylic acids is 1. The molecular weight excluding hydrogens is 482 g/mol. The number of thiol groups is 1. The number of amides is 3. The van der Waals surface area contributed by atoms with Gasteiger partial charge in [-0.05, 0) is 29.9 Å². The highest BCUT2D eigenvalue weighted by atomic mass is 32.1. The van der Waals surface area contributed by atoms with Crippen LogP contribution >= 0.6 is 12.6 Å². The summed E-state index contributed by atoms with van der Waals surface area (Å²) in [6, 6.07) is 3.67. The Hall–Kier alpha value is -3.05. The first-order chi connectivity index (χ1) is 17.0. The lowest BCUT2D eigenvalue weighted by Crippen LogP contribution is -2.59. The van der Waals surface area contributed by atoms with Gasteiger partial charge in [-0.25, -0.2) is 4.79 Å². The predicted molar refractivity (Wildman–Crippen MR) is 142 cm³/mol. The van der Waals surface area contributed by atoms with Crippen LogP contribution in [0.4, 0.5) is 0 Å². The molecule has 36 heavy (non-hydrogen) atoms. The number of nitrogens with two attached hydrogens (primary N) is 1. The van der Waals surface area contributed by atoms with Gasteiger partial charge in [0.05, 0.1) is 6.04 Å². The number of aliphatic carboxylic acids is 1. The Balaban J connectivity index is 2.08. The van der Waals surface area contributed by atoms with Crippen LogP contribution in [0.25, 0.3) is 10.9 Å². The van der Waals surface area contributed by atoms with E-state index in [4.69, 9.17) is 5.73 Å². The second-order valence-corrected chi connectivity index (χ2v) is 9.72. The summed E-state index contributed by atoms with van der Waals surface area (Å²) in [5.41, 5.74) is 8.02. The molecule has 2 rings (SSSR count). The van der Waals surface area contributed by atoms with Gasteiger partial charge in [-0.15, -0.1) is 0 Å². The molecule has 1 aromatic carbocycles. The van der Waals surface area contributed by atoms with E-state index in [0.29, 0.717) is 6.42 Å². The largest absolute Gasteiger partial charge is 0.480 e. The molecule has 11 heteroatoms. The molecule has 0 aliphatic rings. The van der Waals surface area contributed by atoms with Crippen LogP contribution in [-0.4, -0.2) is 63.7 Å². The van der Waals surface area contributed by atoms with Crippen molar-refractivity contribution in [1.29, 1.82) is 0 Å². The lowest BCUT2D eigenvalue weighted by Gasteiger charge is -2.28. The number of hydrogen-bond acceptors (Lipinski definition) is 6. The molecule has 7 N–H and O–H groups in total. The normalized spacial score (nSPS) is 15.5. The van der Waals surface area contributed by atoms with Gasteiger partial charge in [0.25, 0.3) is 0 Å². The third-order valence-electron chi connectivity index (χ3n) is 6.29. The molecule has 5 atom stereocenters. The van der Waals surface area contributed by atoms with E-state index in [0.717, 1.165) is 16.5 Å². The van der Waals surface area contributed by atoms with Crippen molar-refractivity contribution in [2.24, 2.45) is 17.6 Å². The number of carbonyl (C=O) groups excluding carboxylic acids is 3. The molecule has 0 aliphatic carbocycles. The number of rotatable bonds is 13. The number of carboxylic acid groups (broad SMARTS) is 1. The number of hydrogen-bond donors (Lipinski definition) is 7. The van der Waals surface area contributed by atoms with E-state index in [1.54, 1.807) is 13.8 Å². The van der Waals surface area contributed by atoms with Gasteiger partial charge in [-0.1, -0.05) is 52.3 Å². The summed E-state index contributed by atoms with van der Waals surface area (Å²) in [5.74, 6) is -3.54. The summed E-state index contributed by atoms with van der Waals surface area (Å²) in [6.07, 6.45) is 2.68. The maximum Gasteiger partial charge on any atom is 0.326 e. The molecule has 0 bridgehead atoms. The van der Waals surface area contributed by atoms with Crippen molar-refractivity contribution < 1.29 is 24.3 Å². The van der Waals surface area contributed by atoms with E-state index in [1.165, 1.54) is 0 Å². The van der Waals surface area contributed by atoms with Crippen molar-refractivity contribution in [3.05, 3.63) is 36.0 Å². The van der Waals surface area contributed by atoms with Crippen LogP contribution in [0, 0.1) is 11.8 Å². The van der Waals surface area contributed by atoms with Crippen molar-refractivity contribution in [3.8, 4) is 0 Å². The van der Waals surface area contributed by atoms with Crippen molar-refractivity contribution in [3.63, 3.8) is 0 Å². The maximum absolute atomic E-state index is 13.1. The zero-order valence-electron chi connectivity index (χ0n) is 21.1. The molecule has 10 nitrogen and oxygen atoms in total. The van der Waals surface area contributed by atoms with Gasteiger partial charge in [0, 0.05) is 22.9 Å². The SMILES string of the molecule is CCC(C)C(NC(=O)C(N)Cc1c[nH]c2ccccc12)C(=O)NC(CS)C(=O)NC(C(=O)O)C(C)C. The quantitative estimate of drug-likeness (QED) is 0.196. The molecule has 3 amide bonds. The van der Waals surface area contributed by atoms with Crippen molar-refractivity contribution in [1.82, 2.24) is 20.9 Å². The van der Waals surface area contributed by atoms with E-state index < -0.39 is 47.9 Å². The number of aromatic nitrogens is 1. The molecule has 198 valence electrons. The Labute approximate surface area is 216 Å². The van der Waals surface area contributed by atoms with E-state index in [-0.39, 0.29) is 24.0 Å². The fourth-order valence-electron chi connectivity index (χ4n) is 3.82. The smallest absolute Gasteiger partial charge is 0.326 e. The Morgan fingerprint density at radius 2 is 1.64 bits per heavy atom. The lowest BCUT2D eigenvalue weighted by molar-refractivity contribution is -0.143. The van der Waals surface area contributed by atoms with Gasteiger partial charge in [0.15, 0.2) is 0 Å². The summed E-state index contributed by atoms with van der Waals surface area (Å²) >= 11 is 4.15. The Kier molecular flexibility index (Phi) is 10.8. The average molecular weight is 520 g/mol. The van der Waals surface area contributed by atoms with Gasteiger partial charge in [-0.2, -0.15) is 12.6 Å². The zero-order valence-corrected chi connectivity index (χ0v) is 22.0. The lowest BCUT2D eigenvalue weighted by atomic mass is 9.97. The number of fused-ring (bicyclic) bond motifs is 1. The Morgan fingerprint density at radius 1 is 1.00 bits per heavy atom. The summed E-state index contributed by atoms with van der Waals surface area (Å²) < 4.78 is 0. The minimum absolute atomic E-state index is 0.0523. The average Bonchev–Trinajstić information content (AvgIpc) is 3.25. The fraction of sp³-hybridized carbons (Fsp3) is 0.520. The van der Waals surface area contributed by atoms with Crippen LogP contribution < -0.4 is 21.7 Å². The molecular formula is C25H37N5O5S. The topological polar surface area (TPSA) is 166 Å². The van der Waals surface area contributed by atoms with Gasteiger partial charge in [-0.3, -0.25) is 14.4 Å². The summed E-state index contributed by atoms with van der Waals surface area (Å²) in [6.45, 7) is 7.03. The van der Waals surface area contributed by atoms with Crippen LogP contribution in [0.3, 0.4) is 0 Å². The number of aromatic amines is 1. The zero-order chi connectivity index (χ0) is 27.0. The first-order valence-electron chi connectivity index (χ1n) is 12.0. The number of benzene rings is 1. The van der Waals surface area contributed by atoms with Crippen LogP contribution in [-0.2, 0) is 25.6 Å². The van der Waals surface area contributed by atoms with Crippen LogP contribution in [0.1, 0.15) is 39.7 Å². The van der Waals surface area contributed by atoms with Crippen LogP contribution in [0.2, 0.25) is 0 Å². The molecule has 0 aliphatic heterocycles. The molecule has 0 radical (unpaired) electrons. The van der Waals surface area contributed by atoms with E-state index >= 15 is 0 Å². The van der Waals surface area contributed by atoms with Crippen molar-refractivity contribution >= 4 is 47.2 Å². The first kappa shape index (κ1) is 29.2. The predicted octanol–water partition coefficient (Wildman–Crippen LogP) is 1.21. The number of H-pyrrole nitrogens is 1. The number of carbonyl (C=O) groups is 4. The maximum atomic E-state index is 13.1. The first-order valence-corrected chi connectivity index (χ1v) is 12.7. The fourth-order valence-corrected chi connectivity index (χ4v) is 4.07. The molecule has 0 saturated heterocycles. The summed E-state index contributed by atoms with van der Waals surface area (Å²) in [4.78, 5) is 53.3. The standard InChI is InChI=1S/C25H37N5O5S/c1-5-14(4)21(24(33)28-19(12-36)23(32)29-20(13(2)3)25(34)35)30-22(31)17(26)10-15-11-27-18-9-7-6-8-16(15)18/h6-9,11,13-14,17,19-21,27,36H,5,10,12,26H2,1-4H3,(H,28,33)(H,29,32)(H,30,31)(H,34,35). The molecule has 2 aromatic rings. The molecule has 5 unspecified atom stereocenters. The molecule has 0 fully saturated rings. The minimum atomic E-state index is -1.17. The van der Waals surface area contributed by atoms with E-state index in [2.05, 4.69) is 33.6 Å². The van der Waals surface area contributed by atoms with E-state index in [9.17, 15) is 24.3 Å².